The van der Waals surface area contributed by atoms with Crippen molar-refractivity contribution in [1.82, 2.24) is 0 Å². The van der Waals surface area contributed by atoms with Gasteiger partial charge in [0, 0.05) is 0 Å². The molecule has 2 aliphatic heterocycles. The van der Waals surface area contributed by atoms with Crippen molar-refractivity contribution in [1.29, 1.82) is 0 Å². The fourth-order valence-corrected chi connectivity index (χ4v) is 3.00. The molecule has 10 heteroatoms. The molecule has 0 bridgehead atoms. The van der Waals surface area contributed by atoms with Crippen LogP contribution in [0.25, 0.3) is 0 Å². The van der Waals surface area contributed by atoms with Crippen molar-refractivity contribution in [3.05, 3.63) is 23.3 Å². The molecule has 0 amide bonds. The van der Waals surface area contributed by atoms with Gasteiger partial charge in [-0.3, -0.25) is 0 Å². The Bertz CT molecular complexity index is 698. The maximum atomic E-state index is 14.8. The molecule has 154 valence electrons. The van der Waals surface area contributed by atoms with Crippen LogP contribution in [0, 0.1) is 23.3 Å². The largest absolute Gasteiger partial charge is 0.501 e. The van der Waals surface area contributed by atoms with E-state index in [1.54, 1.807) is 55.4 Å². The summed E-state index contributed by atoms with van der Waals surface area (Å²) in [6.07, 6.45) is 0. The predicted molar refractivity (Wildman–Crippen MR) is 97.7 cm³/mol. The van der Waals surface area contributed by atoms with E-state index in [0.717, 1.165) is 0 Å². The van der Waals surface area contributed by atoms with Gasteiger partial charge in [-0.05, 0) is 55.4 Å². The summed E-state index contributed by atoms with van der Waals surface area (Å²) < 4.78 is 81.6. The van der Waals surface area contributed by atoms with Crippen LogP contribution in [0.15, 0.2) is 0 Å². The summed E-state index contributed by atoms with van der Waals surface area (Å²) in [6.45, 7) is 13.3. The Morgan fingerprint density at radius 3 is 0.821 bits per heavy atom. The van der Waals surface area contributed by atoms with E-state index in [2.05, 4.69) is 0 Å². The fraction of sp³-hybridized carbons (Fsp3) is 0.667. The van der Waals surface area contributed by atoms with Crippen LogP contribution in [0.4, 0.5) is 17.6 Å². The van der Waals surface area contributed by atoms with Gasteiger partial charge in [-0.15, -0.1) is 0 Å². The molecule has 0 aromatic heterocycles. The molecule has 2 heterocycles. The van der Waals surface area contributed by atoms with Crippen LogP contribution in [-0.2, 0) is 18.6 Å². The van der Waals surface area contributed by atoms with Crippen molar-refractivity contribution < 1.29 is 36.2 Å². The molecule has 0 unspecified atom stereocenters. The minimum Gasteiger partial charge on any atom is -0.399 e. The highest BCUT2D eigenvalue weighted by molar-refractivity contribution is 6.64. The molecule has 0 radical (unpaired) electrons. The molecule has 3 rings (SSSR count). The van der Waals surface area contributed by atoms with E-state index in [9.17, 15) is 17.6 Å². The zero-order valence-corrected chi connectivity index (χ0v) is 17.3. The second-order valence-corrected chi connectivity index (χ2v) is 9.26. The number of benzene rings is 1. The van der Waals surface area contributed by atoms with Gasteiger partial charge in [-0.25, -0.2) is 17.6 Å². The lowest BCUT2D eigenvalue weighted by Crippen LogP contribution is -2.47. The third kappa shape index (κ3) is 3.00. The second-order valence-electron chi connectivity index (χ2n) is 9.26. The third-order valence-electron chi connectivity index (χ3n) is 6.31. The van der Waals surface area contributed by atoms with Crippen molar-refractivity contribution in [2.24, 2.45) is 0 Å². The van der Waals surface area contributed by atoms with Crippen molar-refractivity contribution in [2.75, 3.05) is 0 Å². The first-order chi connectivity index (χ1) is 12.5. The van der Waals surface area contributed by atoms with Gasteiger partial charge in [0.2, 0.25) is 0 Å². The van der Waals surface area contributed by atoms with Crippen molar-refractivity contribution >= 4 is 25.2 Å². The van der Waals surface area contributed by atoms with Crippen molar-refractivity contribution in [3.8, 4) is 0 Å². The smallest absolute Gasteiger partial charge is 0.399 e. The van der Waals surface area contributed by atoms with E-state index < -0.39 is 70.8 Å². The summed E-state index contributed by atoms with van der Waals surface area (Å²) in [5, 5.41) is 0. The summed E-state index contributed by atoms with van der Waals surface area (Å²) in [4.78, 5) is 0. The summed E-state index contributed by atoms with van der Waals surface area (Å²) in [7, 11) is -3.19. The molecule has 28 heavy (non-hydrogen) atoms. The van der Waals surface area contributed by atoms with Crippen LogP contribution < -0.4 is 10.9 Å². The Hall–Kier alpha value is -1.09. The maximum Gasteiger partial charge on any atom is 0.501 e. The monoisotopic (exact) mass is 402 g/mol. The summed E-state index contributed by atoms with van der Waals surface area (Å²) in [5.41, 5.74) is -5.65. The molecule has 1 aromatic carbocycles. The Balaban J connectivity index is 2.08. The first-order valence-corrected chi connectivity index (χ1v) is 9.09. The van der Waals surface area contributed by atoms with Gasteiger partial charge in [-0.1, -0.05) is 0 Å². The summed E-state index contributed by atoms with van der Waals surface area (Å²) in [5.74, 6) is -6.38. The number of halogens is 4. The van der Waals surface area contributed by atoms with Crippen molar-refractivity contribution in [3.63, 3.8) is 0 Å². The number of hydrogen-bond donors (Lipinski definition) is 0. The molecule has 1 aromatic rings. The molecule has 0 aliphatic carbocycles. The number of rotatable bonds is 2. The lowest BCUT2D eigenvalue weighted by molar-refractivity contribution is 0.00578. The van der Waals surface area contributed by atoms with Gasteiger partial charge in [-0.2, -0.15) is 0 Å². The van der Waals surface area contributed by atoms with Crippen LogP contribution in [0.2, 0.25) is 0 Å². The first kappa shape index (κ1) is 21.6. The second kappa shape index (κ2) is 6.20. The Morgan fingerprint density at radius 2 is 0.643 bits per heavy atom. The predicted octanol–water partition coefficient (Wildman–Crippen LogP) is 2.84. The molecule has 0 spiro atoms. The lowest BCUT2D eigenvalue weighted by atomic mass is 9.72. The molecular formula is C18H24B2F4O4. The van der Waals surface area contributed by atoms with Crippen LogP contribution in [0.3, 0.4) is 0 Å². The normalized spacial score (nSPS) is 24.9. The SMILES string of the molecule is CC1(C)OB(c2c(F)c(F)c(B3OC(C)(C)C(C)(C)O3)c(F)c2F)OC1(C)C. The van der Waals surface area contributed by atoms with E-state index in [4.69, 9.17) is 18.6 Å². The van der Waals surface area contributed by atoms with E-state index in [-0.39, 0.29) is 0 Å². The van der Waals surface area contributed by atoms with E-state index in [1.165, 1.54) is 0 Å². The van der Waals surface area contributed by atoms with Crippen LogP contribution in [0.5, 0.6) is 0 Å². The molecule has 0 atom stereocenters. The van der Waals surface area contributed by atoms with Crippen LogP contribution >= 0.6 is 0 Å². The average molecular weight is 402 g/mol. The van der Waals surface area contributed by atoms with Gasteiger partial charge in [0.15, 0.2) is 23.3 Å². The maximum absolute atomic E-state index is 14.8. The Morgan fingerprint density at radius 1 is 0.464 bits per heavy atom. The van der Waals surface area contributed by atoms with Gasteiger partial charge in [0.05, 0.1) is 33.3 Å². The molecule has 2 saturated heterocycles. The molecular weight excluding hydrogens is 378 g/mol. The van der Waals surface area contributed by atoms with E-state index in [0.29, 0.717) is 0 Å². The highest BCUT2D eigenvalue weighted by Gasteiger charge is 2.57. The van der Waals surface area contributed by atoms with Crippen LogP contribution in [0.1, 0.15) is 55.4 Å². The molecule has 2 aliphatic rings. The summed E-state index contributed by atoms with van der Waals surface area (Å²) in [6, 6.07) is 0. The fourth-order valence-electron chi connectivity index (χ4n) is 3.00. The molecule has 4 nitrogen and oxygen atoms in total. The van der Waals surface area contributed by atoms with Gasteiger partial charge >= 0.3 is 14.2 Å². The van der Waals surface area contributed by atoms with E-state index >= 15 is 0 Å². The summed E-state index contributed by atoms with van der Waals surface area (Å²) >= 11 is 0. The Labute approximate surface area is 163 Å². The Kier molecular flexibility index (Phi) is 4.79. The van der Waals surface area contributed by atoms with Crippen LogP contribution in [-0.4, -0.2) is 36.6 Å². The zero-order chi connectivity index (χ0) is 21.4. The third-order valence-corrected chi connectivity index (χ3v) is 6.31. The zero-order valence-electron chi connectivity index (χ0n) is 17.3. The van der Waals surface area contributed by atoms with Gasteiger partial charge in [0.25, 0.3) is 0 Å². The highest BCUT2D eigenvalue weighted by Crippen LogP contribution is 2.38. The minimum absolute atomic E-state index is 0.937. The minimum atomic E-state index is -1.60. The molecule has 2 fully saturated rings. The number of hydrogen-bond acceptors (Lipinski definition) is 4. The standard InChI is InChI=1S/C18H24B2F4O4/c1-15(2)16(3,4)26-19(25-15)9-11(21)13(23)10(14(24)12(9)22)20-27-17(5,6)18(7,8)28-20/h1-8H3. The quantitative estimate of drug-likeness (QED) is 0.434. The average Bonchev–Trinajstić information content (AvgIpc) is 2.85. The molecule has 0 saturated carbocycles. The molecule has 0 N–H and O–H groups in total. The topological polar surface area (TPSA) is 36.9 Å². The van der Waals surface area contributed by atoms with Gasteiger partial charge < -0.3 is 18.6 Å². The van der Waals surface area contributed by atoms with Gasteiger partial charge in [0.1, 0.15) is 0 Å². The van der Waals surface area contributed by atoms with Crippen molar-refractivity contribution in [2.45, 2.75) is 77.8 Å². The first-order valence-electron chi connectivity index (χ1n) is 9.09. The lowest BCUT2D eigenvalue weighted by Gasteiger charge is -2.32. The highest BCUT2D eigenvalue weighted by atomic mass is 19.2. The van der Waals surface area contributed by atoms with E-state index in [1.807, 2.05) is 0 Å².